The van der Waals surface area contributed by atoms with Gasteiger partial charge in [-0.25, -0.2) is 9.35 Å². The highest BCUT2D eigenvalue weighted by Crippen LogP contribution is 2.10. The number of nitrogens with two attached hydrogens (primary N) is 2. The van der Waals surface area contributed by atoms with E-state index in [1.54, 1.807) is 6.08 Å². The Morgan fingerprint density at radius 3 is 2.36 bits per heavy atom. The third kappa shape index (κ3) is 4.75. The smallest absolute Gasteiger partial charge is 0.114 e. The Kier molecular flexibility index (Phi) is 4.81. The summed E-state index contributed by atoms with van der Waals surface area (Å²) in [6.45, 7) is 3.97. The van der Waals surface area contributed by atoms with Gasteiger partial charge in [0.05, 0.1) is 0 Å². The molecule has 0 aromatic rings. The predicted octanol–water partition coefficient (Wildman–Crippen LogP) is 0.621. The summed E-state index contributed by atoms with van der Waals surface area (Å²) in [7, 11) is -1.39. The highest BCUT2D eigenvalue weighted by Gasteiger charge is 1.99. The van der Waals surface area contributed by atoms with Crippen LogP contribution in [0.2, 0.25) is 0 Å². The molecular formula is C7H14N2OS. The SMILES string of the molecule is CC(C)C(/C=C\N)=C/S(N)=O. The zero-order valence-corrected chi connectivity index (χ0v) is 7.60. The van der Waals surface area contributed by atoms with E-state index in [4.69, 9.17) is 10.9 Å². The fourth-order valence-corrected chi connectivity index (χ4v) is 1.23. The first-order chi connectivity index (χ1) is 5.07. The normalized spacial score (nSPS) is 16.2. The molecule has 0 radical (unpaired) electrons. The van der Waals surface area contributed by atoms with Crippen LogP contribution in [0, 0.1) is 5.92 Å². The lowest BCUT2D eigenvalue weighted by Gasteiger charge is -2.03. The van der Waals surface area contributed by atoms with Crippen molar-refractivity contribution in [3.8, 4) is 0 Å². The van der Waals surface area contributed by atoms with E-state index in [9.17, 15) is 4.21 Å². The van der Waals surface area contributed by atoms with E-state index in [-0.39, 0.29) is 0 Å². The minimum absolute atomic E-state index is 0.294. The maximum absolute atomic E-state index is 10.6. The summed E-state index contributed by atoms with van der Waals surface area (Å²) in [5.74, 6) is 0.294. The Morgan fingerprint density at radius 1 is 1.55 bits per heavy atom. The average Bonchev–Trinajstić information content (AvgIpc) is 1.86. The third-order valence-electron chi connectivity index (χ3n) is 1.21. The van der Waals surface area contributed by atoms with Gasteiger partial charge in [-0.1, -0.05) is 13.8 Å². The van der Waals surface area contributed by atoms with Crippen LogP contribution in [0.5, 0.6) is 0 Å². The van der Waals surface area contributed by atoms with E-state index in [0.717, 1.165) is 5.57 Å². The molecule has 0 aromatic heterocycles. The molecule has 1 atom stereocenters. The van der Waals surface area contributed by atoms with E-state index in [1.165, 1.54) is 11.6 Å². The van der Waals surface area contributed by atoms with Crippen molar-refractivity contribution in [2.24, 2.45) is 16.8 Å². The first kappa shape index (κ1) is 10.4. The van der Waals surface area contributed by atoms with Crippen LogP contribution in [0.25, 0.3) is 0 Å². The monoisotopic (exact) mass is 174 g/mol. The average molecular weight is 174 g/mol. The summed E-state index contributed by atoms with van der Waals surface area (Å²) in [6, 6.07) is 0. The molecule has 0 aromatic carbocycles. The van der Waals surface area contributed by atoms with Gasteiger partial charge in [0.15, 0.2) is 0 Å². The second kappa shape index (κ2) is 5.09. The van der Waals surface area contributed by atoms with E-state index in [2.05, 4.69) is 0 Å². The Labute approximate surface area is 69.7 Å². The van der Waals surface area contributed by atoms with Crippen molar-refractivity contribution >= 4 is 11.0 Å². The molecule has 3 nitrogen and oxygen atoms in total. The van der Waals surface area contributed by atoms with Gasteiger partial charge in [-0.3, -0.25) is 0 Å². The predicted molar refractivity (Wildman–Crippen MR) is 48.6 cm³/mol. The zero-order valence-electron chi connectivity index (χ0n) is 6.78. The molecule has 4 N–H and O–H groups in total. The zero-order chi connectivity index (χ0) is 8.85. The molecule has 0 rings (SSSR count). The molecule has 0 saturated heterocycles. The second-order valence-electron chi connectivity index (χ2n) is 2.46. The van der Waals surface area contributed by atoms with E-state index in [0.29, 0.717) is 5.92 Å². The molecule has 0 amide bonds. The summed E-state index contributed by atoms with van der Waals surface area (Å²) >= 11 is 0. The largest absolute Gasteiger partial charge is 0.405 e. The van der Waals surface area contributed by atoms with Crippen molar-refractivity contribution in [1.29, 1.82) is 0 Å². The van der Waals surface area contributed by atoms with Gasteiger partial charge in [0.25, 0.3) is 0 Å². The van der Waals surface area contributed by atoms with Gasteiger partial charge in [-0.05, 0) is 23.8 Å². The summed E-state index contributed by atoms with van der Waals surface area (Å²) in [5, 5.41) is 6.58. The molecule has 0 aliphatic rings. The molecule has 4 heteroatoms. The standard InChI is InChI=1S/C7H14N2OS/c1-6(2)7(3-4-8)5-11(9)10/h3-6H,8-9H2,1-2H3/b4-3-,7-5+. The molecular weight excluding hydrogens is 160 g/mol. The van der Waals surface area contributed by atoms with Gasteiger partial charge in [0.1, 0.15) is 11.0 Å². The van der Waals surface area contributed by atoms with Gasteiger partial charge >= 0.3 is 0 Å². The second-order valence-corrected chi connectivity index (χ2v) is 3.35. The molecule has 0 aliphatic carbocycles. The van der Waals surface area contributed by atoms with Gasteiger partial charge in [0.2, 0.25) is 0 Å². The molecule has 0 fully saturated rings. The molecule has 0 bridgehead atoms. The third-order valence-corrected chi connectivity index (χ3v) is 1.71. The quantitative estimate of drug-likeness (QED) is 0.616. The van der Waals surface area contributed by atoms with Gasteiger partial charge in [0, 0.05) is 5.41 Å². The van der Waals surface area contributed by atoms with Crippen LogP contribution in [0.15, 0.2) is 23.3 Å². The lowest BCUT2D eigenvalue weighted by molar-refractivity contribution is 0.688. The Hall–Kier alpha value is -0.610. The molecule has 0 saturated carbocycles. The van der Waals surface area contributed by atoms with E-state index >= 15 is 0 Å². The Morgan fingerprint density at radius 2 is 2.09 bits per heavy atom. The van der Waals surface area contributed by atoms with Crippen LogP contribution < -0.4 is 10.9 Å². The molecule has 0 aliphatic heterocycles. The Bertz CT molecular complexity index is 197. The van der Waals surface area contributed by atoms with Crippen LogP contribution >= 0.6 is 0 Å². The van der Waals surface area contributed by atoms with Crippen molar-refractivity contribution in [3.05, 3.63) is 23.3 Å². The highest BCUT2D eigenvalue weighted by atomic mass is 32.2. The molecule has 11 heavy (non-hydrogen) atoms. The highest BCUT2D eigenvalue weighted by molar-refractivity contribution is 7.85. The first-order valence-corrected chi connectivity index (χ1v) is 4.60. The van der Waals surface area contributed by atoms with Crippen LogP contribution in [0.4, 0.5) is 0 Å². The van der Waals surface area contributed by atoms with Gasteiger partial charge in [-0.2, -0.15) is 0 Å². The Balaban J connectivity index is 4.46. The number of allylic oxidation sites excluding steroid dienone is 2. The lowest BCUT2D eigenvalue weighted by atomic mass is 10.1. The van der Waals surface area contributed by atoms with Gasteiger partial charge < -0.3 is 5.73 Å². The summed E-state index contributed by atoms with van der Waals surface area (Å²) < 4.78 is 10.6. The van der Waals surface area contributed by atoms with E-state index in [1.807, 2.05) is 13.8 Å². The van der Waals surface area contributed by atoms with Crippen LogP contribution in [-0.4, -0.2) is 4.21 Å². The number of rotatable bonds is 3. The van der Waals surface area contributed by atoms with Crippen molar-refractivity contribution in [2.75, 3.05) is 0 Å². The van der Waals surface area contributed by atoms with E-state index < -0.39 is 11.0 Å². The fourth-order valence-electron chi connectivity index (χ4n) is 0.613. The molecule has 0 heterocycles. The van der Waals surface area contributed by atoms with Crippen LogP contribution in [0.3, 0.4) is 0 Å². The van der Waals surface area contributed by atoms with Crippen molar-refractivity contribution in [2.45, 2.75) is 13.8 Å². The van der Waals surface area contributed by atoms with Crippen LogP contribution in [-0.2, 0) is 11.0 Å². The minimum Gasteiger partial charge on any atom is -0.405 e. The van der Waals surface area contributed by atoms with Crippen molar-refractivity contribution in [3.63, 3.8) is 0 Å². The maximum atomic E-state index is 10.6. The summed E-state index contributed by atoms with van der Waals surface area (Å²) in [4.78, 5) is 0. The summed E-state index contributed by atoms with van der Waals surface area (Å²) in [6.07, 6.45) is 3.12. The topological polar surface area (TPSA) is 69.1 Å². The number of hydrogen-bond donors (Lipinski definition) is 2. The maximum Gasteiger partial charge on any atom is 0.114 e. The summed E-state index contributed by atoms with van der Waals surface area (Å²) in [5.41, 5.74) is 6.08. The van der Waals surface area contributed by atoms with Crippen molar-refractivity contribution in [1.82, 2.24) is 0 Å². The lowest BCUT2D eigenvalue weighted by Crippen LogP contribution is -2.01. The van der Waals surface area contributed by atoms with Crippen LogP contribution in [0.1, 0.15) is 13.8 Å². The van der Waals surface area contributed by atoms with Crippen molar-refractivity contribution < 1.29 is 4.21 Å². The number of hydrogen-bond acceptors (Lipinski definition) is 2. The van der Waals surface area contributed by atoms with Gasteiger partial charge in [-0.15, -0.1) is 0 Å². The fraction of sp³-hybridized carbons (Fsp3) is 0.429. The molecule has 0 spiro atoms. The minimum atomic E-state index is -1.39. The molecule has 1 unspecified atom stereocenters. The first-order valence-electron chi connectivity index (χ1n) is 3.33. The molecule has 64 valence electrons.